The van der Waals surface area contributed by atoms with Crippen molar-refractivity contribution in [3.8, 4) is 11.3 Å². The van der Waals surface area contributed by atoms with Gasteiger partial charge in [-0.25, -0.2) is 4.98 Å². The van der Waals surface area contributed by atoms with Gasteiger partial charge in [-0.2, -0.15) is 0 Å². The smallest absolute Gasteiger partial charge is 0.223 e. The average Bonchev–Trinajstić information content (AvgIpc) is 2.61. The Balaban J connectivity index is 2.37. The van der Waals surface area contributed by atoms with E-state index >= 15 is 0 Å². The molecule has 1 heterocycles. The largest absolute Gasteiger partial charge is 0.313 e. The number of amides is 1. The van der Waals surface area contributed by atoms with Gasteiger partial charge in [0.25, 0.3) is 0 Å². The van der Waals surface area contributed by atoms with Crippen LogP contribution in [0, 0.1) is 0 Å². The second-order valence-electron chi connectivity index (χ2n) is 3.57. The molecule has 0 aliphatic carbocycles. The molecule has 16 heavy (non-hydrogen) atoms. The number of hydrogen-bond donors (Lipinski definition) is 1. The summed E-state index contributed by atoms with van der Waals surface area (Å²) in [5.41, 5.74) is 2.05. The van der Waals surface area contributed by atoms with Crippen molar-refractivity contribution in [2.75, 3.05) is 5.32 Å². The molecule has 1 aromatic heterocycles. The van der Waals surface area contributed by atoms with Crippen LogP contribution in [0.5, 0.6) is 0 Å². The monoisotopic (exact) mass is 215 g/mol. The number of imidazole rings is 1. The molecule has 4 nitrogen and oxygen atoms in total. The first-order valence-electron chi connectivity index (χ1n) is 5.03. The van der Waals surface area contributed by atoms with Crippen LogP contribution >= 0.6 is 0 Å². The molecule has 4 heteroatoms. The highest BCUT2D eigenvalue weighted by molar-refractivity contribution is 5.87. The fraction of sp³-hybridized carbons (Fsp3) is 0.167. The van der Waals surface area contributed by atoms with Crippen molar-refractivity contribution in [2.24, 2.45) is 7.05 Å². The van der Waals surface area contributed by atoms with Gasteiger partial charge < -0.3 is 4.57 Å². The fourth-order valence-corrected chi connectivity index (χ4v) is 1.56. The average molecular weight is 215 g/mol. The molecule has 2 rings (SSSR count). The van der Waals surface area contributed by atoms with E-state index in [1.807, 2.05) is 41.9 Å². The Bertz CT molecular complexity index is 502. The van der Waals surface area contributed by atoms with Crippen molar-refractivity contribution in [3.63, 3.8) is 0 Å². The van der Waals surface area contributed by atoms with Crippen LogP contribution < -0.4 is 5.32 Å². The van der Waals surface area contributed by atoms with E-state index in [1.54, 1.807) is 6.20 Å². The summed E-state index contributed by atoms with van der Waals surface area (Å²) in [5, 5.41) is 2.68. The van der Waals surface area contributed by atoms with Gasteiger partial charge in [0.15, 0.2) is 0 Å². The minimum absolute atomic E-state index is 0.117. The third kappa shape index (κ3) is 1.95. The summed E-state index contributed by atoms with van der Waals surface area (Å²) in [7, 11) is 1.88. The molecule has 0 unspecified atom stereocenters. The Kier molecular flexibility index (Phi) is 2.72. The van der Waals surface area contributed by atoms with Crippen molar-refractivity contribution in [2.45, 2.75) is 6.92 Å². The Morgan fingerprint density at radius 3 is 2.62 bits per heavy atom. The van der Waals surface area contributed by atoms with Crippen LogP contribution in [0.2, 0.25) is 0 Å². The molecule has 0 bridgehead atoms. The first kappa shape index (κ1) is 10.4. The van der Waals surface area contributed by atoms with Crippen LogP contribution in [0.1, 0.15) is 6.92 Å². The van der Waals surface area contributed by atoms with Gasteiger partial charge in [0, 0.05) is 14.0 Å². The van der Waals surface area contributed by atoms with Gasteiger partial charge in [0.05, 0.1) is 11.9 Å². The van der Waals surface area contributed by atoms with Gasteiger partial charge in [-0.1, -0.05) is 30.3 Å². The SMILES string of the molecule is CC(=O)Nc1ncc(-c2ccccc2)n1C. The maximum atomic E-state index is 10.9. The number of benzene rings is 1. The minimum atomic E-state index is -0.117. The Hall–Kier alpha value is -2.10. The van der Waals surface area contributed by atoms with Crippen LogP contribution in [0.3, 0.4) is 0 Å². The lowest BCUT2D eigenvalue weighted by Gasteiger charge is -2.05. The molecule has 0 aliphatic heterocycles. The van der Waals surface area contributed by atoms with E-state index in [1.165, 1.54) is 6.92 Å². The molecule has 82 valence electrons. The summed E-state index contributed by atoms with van der Waals surface area (Å²) in [4.78, 5) is 15.1. The molecule has 1 amide bonds. The molecule has 0 aliphatic rings. The standard InChI is InChI=1S/C12H13N3O/c1-9(16)14-12-13-8-11(15(12)2)10-6-4-3-5-7-10/h3-8H,1-2H3,(H,13,14,16). The highest BCUT2D eigenvalue weighted by Crippen LogP contribution is 2.21. The third-order valence-electron chi connectivity index (χ3n) is 2.35. The Labute approximate surface area is 93.9 Å². The van der Waals surface area contributed by atoms with Crippen molar-refractivity contribution in [3.05, 3.63) is 36.5 Å². The zero-order valence-electron chi connectivity index (χ0n) is 9.27. The zero-order chi connectivity index (χ0) is 11.5. The number of nitrogens with one attached hydrogen (secondary N) is 1. The van der Waals surface area contributed by atoms with Gasteiger partial charge in [-0.3, -0.25) is 10.1 Å². The molecular formula is C12H13N3O. The van der Waals surface area contributed by atoms with E-state index in [9.17, 15) is 4.79 Å². The van der Waals surface area contributed by atoms with Gasteiger partial charge in [-0.15, -0.1) is 0 Å². The molecule has 1 N–H and O–H groups in total. The molecule has 0 saturated carbocycles. The van der Waals surface area contributed by atoms with E-state index in [-0.39, 0.29) is 5.91 Å². The molecule has 0 atom stereocenters. The highest BCUT2D eigenvalue weighted by atomic mass is 16.1. The second-order valence-corrected chi connectivity index (χ2v) is 3.57. The summed E-state index contributed by atoms with van der Waals surface area (Å²) in [6.45, 7) is 1.47. The van der Waals surface area contributed by atoms with Crippen LogP contribution in [0.4, 0.5) is 5.95 Å². The summed E-state index contributed by atoms with van der Waals surface area (Å²) >= 11 is 0. The first-order valence-corrected chi connectivity index (χ1v) is 5.03. The fourth-order valence-electron chi connectivity index (χ4n) is 1.56. The van der Waals surface area contributed by atoms with Crippen LogP contribution in [-0.2, 0) is 11.8 Å². The number of carbonyl (C=O) groups excluding carboxylic acids is 1. The number of hydrogen-bond acceptors (Lipinski definition) is 2. The predicted molar refractivity (Wildman–Crippen MR) is 62.9 cm³/mol. The van der Waals surface area contributed by atoms with Gasteiger partial charge in [0.2, 0.25) is 11.9 Å². The molecular weight excluding hydrogens is 202 g/mol. The molecule has 0 fully saturated rings. The van der Waals surface area contributed by atoms with Gasteiger partial charge in [0.1, 0.15) is 0 Å². The van der Waals surface area contributed by atoms with Gasteiger partial charge >= 0.3 is 0 Å². The van der Waals surface area contributed by atoms with Crippen LogP contribution in [-0.4, -0.2) is 15.5 Å². The second kappa shape index (κ2) is 4.18. The van der Waals surface area contributed by atoms with Crippen molar-refractivity contribution in [1.29, 1.82) is 0 Å². The Morgan fingerprint density at radius 2 is 2.00 bits per heavy atom. The number of carbonyl (C=O) groups is 1. The molecule has 0 radical (unpaired) electrons. The quantitative estimate of drug-likeness (QED) is 0.833. The highest BCUT2D eigenvalue weighted by Gasteiger charge is 2.08. The molecule has 1 aromatic carbocycles. The number of aromatic nitrogens is 2. The van der Waals surface area contributed by atoms with E-state index < -0.39 is 0 Å². The normalized spacial score (nSPS) is 10.1. The van der Waals surface area contributed by atoms with Crippen LogP contribution in [0.15, 0.2) is 36.5 Å². The van der Waals surface area contributed by atoms with Crippen molar-refractivity contribution >= 4 is 11.9 Å². The summed E-state index contributed by atoms with van der Waals surface area (Å²) in [6, 6.07) is 9.93. The summed E-state index contributed by atoms with van der Waals surface area (Å²) in [6.07, 6.45) is 1.75. The molecule has 0 saturated heterocycles. The van der Waals surface area contributed by atoms with E-state index in [2.05, 4.69) is 10.3 Å². The van der Waals surface area contributed by atoms with Crippen LogP contribution in [0.25, 0.3) is 11.3 Å². The Morgan fingerprint density at radius 1 is 1.31 bits per heavy atom. The van der Waals surface area contributed by atoms with E-state index in [4.69, 9.17) is 0 Å². The number of nitrogens with zero attached hydrogens (tertiary/aromatic N) is 2. The topological polar surface area (TPSA) is 46.9 Å². The first-order chi connectivity index (χ1) is 7.68. The summed E-state index contributed by atoms with van der Waals surface area (Å²) < 4.78 is 1.86. The lowest BCUT2D eigenvalue weighted by molar-refractivity contribution is -0.114. The number of rotatable bonds is 2. The van der Waals surface area contributed by atoms with E-state index in [0.29, 0.717) is 5.95 Å². The maximum absolute atomic E-state index is 10.9. The minimum Gasteiger partial charge on any atom is -0.313 e. The van der Waals surface area contributed by atoms with Gasteiger partial charge in [-0.05, 0) is 5.56 Å². The molecule has 0 spiro atoms. The predicted octanol–water partition coefficient (Wildman–Crippen LogP) is 2.05. The number of anilines is 1. The van der Waals surface area contributed by atoms with Crippen molar-refractivity contribution in [1.82, 2.24) is 9.55 Å². The zero-order valence-corrected chi connectivity index (χ0v) is 9.27. The van der Waals surface area contributed by atoms with E-state index in [0.717, 1.165) is 11.3 Å². The lowest BCUT2D eigenvalue weighted by Crippen LogP contribution is -2.10. The lowest BCUT2D eigenvalue weighted by atomic mass is 10.2. The molecule has 2 aromatic rings. The third-order valence-corrected chi connectivity index (χ3v) is 2.35. The summed E-state index contributed by atoms with van der Waals surface area (Å²) in [5.74, 6) is 0.444. The van der Waals surface area contributed by atoms with Crippen molar-refractivity contribution < 1.29 is 4.79 Å². The maximum Gasteiger partial charge on any atom is 0.223 e.